The number of nitrogens with one attached hydrogen (secondary N) is 1. The molecule has 0 atom stereocenters. The van der Waals surface area contributed by atoms with Crippen molar-refractivity contribution in [3.05, 3.63) is 58.6 Å². The van der Waals surface area contributed by atoms with Crippen LogP contribution >= 0.6 is 23.4 Å². The highest BCUT2D eigenvalue weighted by atomic mass is 35.5. The number of carbonyl (C=O) groups is 3. The largest absolute Gasteiger partial charge is 0.465 e. The number of carbonyl (C=O) groups excluding carboxylic acids is 3. The zero-order valence-corrected chi connectivity index (χ0v) is 18.0. The molecule has 0 unspecified atom stereocenters. The molecule has 0 saturated heterocycles. The number of halogens is 1. The number of amides is 1. The van der Waals surface area contributed by atoms with Gasteiger partial charge in [0.25, 0.3) is 5.22 Å². The van der Waals surface area contributed by atoms with Gasteiger partial charge in [-0.05, 0) is 42.5 Å². The minimum atomic E-state index is -0.663. The molecule has 0 radical (unpaired) electrons. The second-order valence-electron chi connectivity index (χ2n) is 5.96. The summed E-state index contributed by atoms with van der Waals surface area (Å²) in [7, 11) is 2.44. The summed E-state index contributed by atoms with van der Waals surface area (Å²) >= 11 is 6.88. The summed E-state index contributed by atoms with van der Waals surface area (Å²) in [6, 6.07) is 11.0. The van der Waals surface area contributed by atoms with Crippen LogP contribution in [0.25, 0.3) is 11.5 Å². The van der Waals surface area contributed by atoms with Crippen molar-refractivity contribution in [2.75, 3.05) is 25.3 Å². The number of benzene rings is 2. The molecule has 9 nitrogen and oxygen atoms in total. The summed E-state index contributed by atoms with van der Waals surface area (Å²) in [6.07, 6.45) is 0. The Labute approximate surface area is 186 Å². The number of ether oxygens (including phenoxy) is 2. The van der Waals surface area contributed by atoms with Gasteiger partial charge in [-0.3, -0.25) is 4.79 Å². The van der Waals surface area contributed by atoms with Gasteiger partial charge in [0.1, 0.15) is 0 Å². The van der Waals surface area contributed by atoms with Gasteiger partial charge in [0.2, 0.25) is 11.8 Å². The SMILES string of the molecule is COC(=O)c1ccc(C(=O)OC)c(NC(=O)CSc2nnc(-c3ccc(Cl)cc3)o2)c1. The Bertz CT molecular complexity index is 1120. The molecule has 0 saturated carbocycles. The molecule has 1 amide bonds. The molecule has 1 heterocycles. The first kappa shape index (κ1) is 22.3. The van der Waals surface area contributed by atoms with E-state index in [0.29, 0.717) is 16.5 Å². The van der Waals surface area contributed by atoms with Crippen LogP contribution in [0.4, 0.5) is 5.69 Å². The van der Waals surface area contributed by atoms with Crippen molar-refractivity contribution in [1.29, 1.82) is 0 Å². The minimum absolute atomic E-state index is 0.0781. The third kappa shape index (κ3) is 5.62. The van der Waals surface area contributed by atoms with Crippen LogP contribution < -0.4 is 5.32 Å². The molecule has 2 aromatic carbocycles. The van der Waals surface area contributed by atoms with E-state index in [4.69, 9.17) is 20.8 Å². The van der Waals surface area contributed by atoms with Crippen LogP contribution in [0.2, 0.25) is 5.02 Å². The van der Waals surface area contributed by atoms with Gasteiger partial charge in [0, 0.05) is 10.6 Å². The number of thioether (sulfide) groups is 1. The lowest BCUT2D eigenvalue weighted by Gasteiger charge is -2.11. The van der Waals surface area contributed by atoms with E-state index in [1.807, 2.05) is 0 Å². The Balaban J connectivity index is 1.68. The summed E-state index contributed by atoms with van der Waals surface area (Å²) in [5.41, 5.74) is 1.07. The maximum atomic E-state index is 12.4. The predicted octanol–water partition coefficient (Wildman–Crippen LogP) is 3.69. The van der Waals surface area contributed by atoms with Crippen molar-refractivity contribution in [1.82, 2.24) is 10.2 Å². The summed E-state index contributed by atoms with van der Waals surface area (Å²) in [5.74, 6) is -1.52. The van der Waals surface area contributed by atoms with E-state index < -0.39 is 17.8 Å². The van der Waals surface area contributed by atoms with Crippen molar-refractivity contribution in [3.63, 3.8) is 0 Å². The van der Waals surface area contributed by atoms with E-state index in [2.05, 4.69) is 20.3 Å². The van der Waals surface area contributed by atoms with Gasteiger partial charge in [-0.15, -0.1) is 10.2 Å². The number of nitrogens with zero attached hydrogens (tertiary/aromatic N) is 2. The molecule has 0 aliphatic rings. The fourth-order valence-electron chi connectivity index (χ4n) is 2.47. The highest BCUT2D eigenvalue weighted by Gasteiger charge is 2.18. The van der Waals surface area contributed by atoms with Crippen molar-refractivity contribution < 1.29 is 28.3 Å². The molecule has 11 heteroatoms. The summed E-state index contributed by atoms with van der Waals surface area (Å²) in [6.45, 7) is 0. The molecule has 0 fully saturated rings. The Hall–Kier alpha value is -3.37. The number of esters is 2. The van der Waals surface area contributed by atoms with E-state index >= 15 is 0 Å². The van der Waals surface area contributed by atoms with E-state index in [0.717, 1.165) is 11.8 Å². The molecular formula is C20H16ClN3O6S. The van der Waals surface area contributed by atoms with Crippen molar-refractivity contribution in [2.45, 2.75) is 5.22 Å². The van der Waals surface area contributed by atoms with Gasteiger partial charge in [-0.1, -0.05) is 23.4 Å². The predicted molar refractivity (Wildman–Crippen MR) is 113 cm³/mol. The van der Waals surface area contributed by atoms with Crippen LogP contribution in [-0.4, -0.2) is 48.0 Å². The first-order chi connectivity index (χ1) is 14.9. The molecular weight excluding hydrogens is 446 g/mol. The molecule has 31 heavy (non-hydrogen) atoms. The molecule has 3 aromatic rings. The van der Waals surface area contributed by atoms with Crippen LogP contribution in [-0.2, 0) is 14.3 Å². The molecule has 0 aliphatic heterocycles. The van der Waals surface area contributed by atoms with Gasteiger partial charge >= 0.3 is 11.9 Å². The average molecular weight is 462 g/mol. The lowest BCUT2D eigenvalue weighted by molar-refractivity contribution is -0.113. The molecule has 0 bridgehead atoms. The second-order valence-corrected chi connectivity index (χ2v) is 7.32. The van der Waals surface area contributed by atoms with E-state index in [1.54, 1.807) is 24.3 Å². The monoisotopic (exact) mass is 461 g/mol. The lowest BCUT2D eigenvalue weighted by Crippen LogP contribution is -2.18. The Morgan fingerprint density at radius 3 is 2.42 bits per heavy atom. The Morgan fingerprint density at radius 2 is 1.74 bits per heavy atom. The lowest BCUT2D eigenvalue weighted by atomic mass is 10.1. The fourth-order valence-corrected chi connectivity index (χ4v) is 3.16. The van der Waals surface area contributed by atoms with Crippen LogP contribution in [0, 0.1) is 0 Å². The number of rotatable bonds is 7. The smallest absolute Gasteiger partial charge is 0.339 e. The third-order valence-corrected chi connectivity index (χ3v) is 5.01. The van der Waals surface area contributed by atoms with E-state index in [9.17, 15) is 14.4 Å². The van der Waals surface area contributed by atoms with E-state index in [-0.39, 0.29) is 27.8 Å². The van der Waals surface area contributed by atoms with Gasteiger partial charge in [-0.25, -0.2) is 9.59 Å². The van der Waals surface area contributed by atoms with Crippen LogP contribution in [0.1, 0.15) is 20.7 Å². The normalized spacial score (nSPS) is 10.4. The van der Waals surface area contributed by atoms with Crippen LogP contribution in [0.5, 0.6) is 0 Å². The third-order valence-electron chi connectivity index (χ3n) is 3.94. The topological polar surface area (TPSA) is 121 Å². The van der Waals surface area contributed by atoms with Crippen molar-refractivity contribution >= 4 is 46.9 Å². The highest BCUT2D eigenvalue weighted by Crippen LogP contribution is 2.25. The van der Waals surface area contributed by atoms with Gasteiger partial charge < -0.3 is 19.2 Å². The zero-order chi connectivity index (χ0) is 22.4. The van der Waals surface area contributed by atoms with Crippen molar-refractivity contribution in [2.24, 2.45) is 0 Å². The van der Waals surface area contributed by atoms with Gasteiger partial charge in [0.15, 0.2) is 0 Å². The zero-order valence-electron chi connectivity index (χ0n) is 16.4. The fraction of sp³-hybridized carbons (Fsp3) is 0.150. The van der Waals surface area contributed by atoms with E-state index in [1.165, 1.54) is 32.4 Å². The molecule has 160 valence electrons. The number of methoxy groups -OCH3 is 2. The molecule has 0 aliphatic carbocycles. The summed E-state index contributed by atoms with van der Waals surface area (Å²) in [4.78, 5) is 36.1. The first-order valence-corrected chi connectivity index (χ1v) is 10.1. The number of aromatic nitrogens is 2. The minimum Gasteiger partial charge on any atom is -0.465 e. The maximum Gasteiger partial charge on any atom is 0.339 e. The van der Waals surface area contributed by atoms with Gasteiger partial charge in [-0.2, -0.15) is 0 Å². The molecule has 3 rings (SSSR count). The summed E-state index contributed by atoms with van der Waals surface area (Å²) < 4.78 is 14.9. The number of hydrogen-bond acceptors (Lipinski definition) is 9. The molecule has 1 N–H and O–H groups in total. The average Bonchev–Trinajstić information content (AvgIpc) is 3.26. The Kier molecular flexibility index (Phi) is 7.27. The second kappa shape index (κ2) is 10.1. The Morgan fingerprint density at radius 1 is 1.03 bits per heavy atom. The molecule has 0 spiro atoms. The number of anilines is 1. The summed E-state index contributed by atoms with van der Waals surface area (Å²) in [5, 5.41) is 11.2. The quantitative estimate of drug-likeness (QED) is 0.414. The molecule has 1 aromatic heterocycles. The van der Waals surface area contributed by atoms with Crippen LogP contribution in [0.15, 0.2) is 52.1 Å². The highest BCUT2D eigenvalue weighted by molar-refractivity contribution is 7.99. The number of hydrogen-bond donors (Lipinski definition) is 1. The standard InChI is InChI=1S/C20H16ClN3O6S/c1-28-18(26)12-5-8-14(19(27)29-2)15(9-12)22-16(25)10-31-20-24-23-17(30-20)11-3-6-13(21)7-4-11/h3-9H,10H2,1-2H3,(H,22,25). The first-order valence-electron chi connectivity index (χ1n) is 8.74. The van der Waals surface area contributed by atoms with Crippen molar-refractivity contribution in [3.8, 4) is 11.5 Å². The van der Waals surface area contributed by atoms with Crippen LogP contribution in [0.3, 0.4) is 0 Å². The van der Waals surface area contributed by atoms with Gasteiger partial charge in [0.05, 0.1) is 36.8 Å². The maximum absolute atomic E-state index is 12.4.